The van der Waals surface area contributed by atoms with E-state index in [0.717, 1.165) is 37.7 Å². The highest BCUT2D eigenvalue weighted by Crippen LogP contribution is 2.67. The number of cyclic esters (lactones) is 1. The largest absolute Gasteiger partial charge is 0.458 e. The van der Waals surface area contributed by atoms with E-state index in [1.165, 1.54) is 5.57 Å². The van der Waals surface area contributed by atoms with Gasteiger partial charge in [-0.25, -0.2) is 4.79 Å². The molecule has 0 unspecified atom stereocenters. The third-order valence-corrected chi connectivity index (χ3v) is 13.3. The van der Waals surface area contributed by atoms with Crippen LogP contribution in [-0.2, 0) is 19.0 Å². The van der Waals surface area contributed by atoms with Gasteiger partial charge in [-0.2, -0.15) is 0 Å². The Labute approximate surface area is 260 Å². The molecule has 0 bridgehead atoms. The van der Waals surface area contributed by atoms with Crippen molar-refractivity contribution < 1.29 is 49.6 Å². The van der Waals surface area contributed by atoms with Crippen LogP contribution in [0, 0.1) is 40.4 Å². The molecule has 0 aromatic rings. The molecule has 0 aromatic heterocycles. The summed E-state index contributed by atoms with van der Waals surface area (Å²) in [6.07, 6.45) is 1.26. The quantitative estimate of drug-likeness (QED) is 0.191. The molecule has 248 valence electrons. The highest BCUT2D eigenvalue weighted by Gasteiger charge is 2.62. The van der Waals surface area contributed by atoms with Crippen molar-refractivity contribution in [2.24, 2.45) is 40.4 Å². The van der Waals surface area contributed by atoms with Crippen LogP contribution < -0.4 is 0 Å². The average Bonchev–Trinajstić information content (AvgIpc) is 3.34. The summed E-state index contributed by atoms with van der Waals surface area (Å²) in [5, 5.41) is 61.7. The summed E-state index contributed by atoms with van der Waals surface area (Å²) in [6.45, 7) is 8.02. The number of carbonyl (C=O) groups is 1. The molecule has 3 saturated carbocycles. The van der Waals surface area contributed by atoms with Gasteiger partial charge < -0.3 is 44.8 Å². The van der Waals surface area contributed by atoms with Crippen molar-refractivity contribution in [1.82, 2.24) is 0 Å². The normalized spacial score (nSPS) is 49.9. The van der Waals surface area contributed by atoms with Gasteiger partial charge in [-0.05, 0) is 80.5 Å². The SMILES string of the molecule is CC1=C(CO)C(=O)O[C@@H]([C@@H](C)[C@H]2CC[C@H]3[C@@H]4CC=C5C[C@@H](O[C@@H]6O[C@H](CO)[C@@H](O)[C@H](O)[C@H]6O)C[C@H](O)[C@]5(C)[C@H]4CC[C@@]23C)C1. The number of hydrogen-bond donors (Lipinski definition) is 6. The second kappa shape index (κ2) is 12.0. The maximum atomic E-state index is 12.6. The molecule has 0 aromatic carbocycles. The van der Waals surface area contributed by atoms with Crippen molar-refractivity contribution in [2.75, 3.05) is 13.2 Å². The fraction of sp³-hybridized carbons (Fsp3) is 0.853. The molecular formula is C34H52O10. The van der Waals surface area contributed by atoms with E-state index in [4.69, 9.17) is 14.2 Å². The van der Waals surface area contributed by atoms with Crippen molar-refractivity contribution in [3.63, 3.8) is 0 Å². The van der Waals surface area contributed by atoms with Crippen molar-refractivity contribution in [3.8, 4) is 0 Å². The molecular weight excluding hydrogens is 568 g/mol. The van der Waals surface area contributed by atoms with Crippen molar-refractivity contribution in [1.29, 1.82) is 0 Å². The fourth-order valence-corrected chi connectivity index (χ4v) is 10.7. The van der Waals surface area contributed by atoms with Gasteiger partial charge in [0.25, 0.3) is 0 Å². The van der Waals surface area contributed by atoms with Gasteiger partial charge in [0.15, 0.2) is 6.29 Å². The lowest BCUT2D eigenvalue weighted by atomic mass is 9.46. The summed E-state index contributed by atoms with van der Waals surface area (Å²) in [6, 6.07) is 0. The first kappa shape index (κ1) is 32.6. The molecule has 0 amide bonds. The smallest absolute Gasteiger partial charge is 0.336 e. The Kier molecular flexibility index (Phi) is 8.89. The predicted octanol–water partition coefficient (Wildman–Crippen LogP) is 1.98. The predicted molar refractivity (Wildman–Crippen MR) is 159 cm³/mol. The van der Waals surface area contributed by atoms with Crippen LogP contribution in [0.4, 0.5) is 0 Å². The van der Waals surface area contributed by atoms with Crippen molar-refractivity contribution in [2.45, 2.75) is 128 Å². The number of carbonyl (C=O) groups excluding carboxylic acids is 1. The molecule has 4 aliphatic carbocycles. The number of aliphatic hydroxyl groups excluding tert-OH is 6. The second-order valence-electron chi connectivity index (χ2n) is 15.2. The van der Waals surface area contributed by atoms with Crippen LogP contribution in [0.15, 0.2) is 22.8 Å². The number of fused-ring (bicyclic) bond motifs is 5. The second-order valence-corrected chi connectivity index (χ2v) is 15.2. The van der Waals surface area contributed by atoms with Crippen LogP contribution in [0.2, 0.25) is 0 Å². The van der Waals surface area contributed by atoms with Gasteiger partial charge in [0.1, 0.15) is 30.5 Å². The van der Waals surface area contributed by atoms with Gasteiger partial charge in [0, 0.05) is 18.3 Å². The Morgan fingerprint density at radius 3 is 2.45 bits per heavy atom. The van der Waals surface area contributed by atoms with E-state index in [1.807, 2.05) is 6.92 Å². The lowest BCUT2D eigenvalue weighted by Gasteiger charge is -2.60. The molecule has 10 nitrogen and oxygen atoms in total. The van der Waals surface area contributed by atoms with Crippen LogP contribution in [0.1, 0.15) is 79.1 Å². The van der Waals surface area contributed by atoms with Crippen LogP contribution in [0.3, 0.4) is 0 Å². The third-order valence-electron chi connectivity index (χ3n) is 13.3. The Morgan fingerprint density at radius 1 is 1.02 bits per heavy atom. The first-order valence-corrected chi connectivity index (χ1v) is 16.7. The van der Waals surface area contributed by atoms with E-state index in [1.54, 1.807) is 0 Å². The molecule has 44 heavy (non-hydrogen) atoms. The first-order chi connectivity index (χ1) is 20.8. The molecule has 0 radical (unpaired) electrons. The summed E-state index contributed by atoms with van der Waals surface area (Å²) in [4.78, 5) is 12.6. The monoisotopic (exact) mass is 620 g/mol. The molecule has 10 heteroatoms. The van der Waals surface area contributed by atoms with Gasteiger partial charge >= 0.3 is 5.97 Å². The number of hydrogen-bond acceptors (Lipinski definition) is 10. The van der Waals surface area contributed by atoms with Gasteiger partial charge in [-0.15, -0.1) is 0 Å². The molecule has 1 saturated heterocycles. The topological polar surface area (TPSA) is 166 Å². The summed E-state index contributed by atoms with van der Waals surface area (Å²) in [5.74, 6) is 1.57. The van der Waals surface area contributed by atoms with E-state index < -0.39 is 49.5 Å². The summed E-state index contributed by atoms with van der Waals surface area (Å²) in [5.41, 5.74) is 2.24. The van der Waals surface area contributed by atoms with E-state index in [0.29, 0.717) is 48.5 Å². The zero-order chi connectivity index (χ0) is 31.7. The molecule has 4 fully saturated rings. The molecule has 6 rings (SSSR count). The molecule has 2 aliphatic heterocycles. The highest BCUT2D eigenvalue weighted by atomic mass is 16.7. The van der Waals surface area contributed by atoms with Crippen LogP contribution >= 0.6 is 0 Å². The minimum Gasteiger partial charge on any atom is -0.458 e. The number of allylic oxidation sites excluding steroid dienone is 1. The average molecular weight is 621 g/mol. The van der Waals surface area contributed by atoms with E-state index in [9.17, 15) is 35.4 Å². The van der Waals surface area contributed by atoms with Crippen molar-refractivity contribution >= 4 is 5.97 Å². The maximum Gasteiger partial charge on any atom is 0.336 e. The molecule has 6 N–H and O–H groups in total. The zero-order valence-corrected chi connectivity index (χ0v) is 26.5. The Morgan fingerprint density at radius 2 is 1.77 bits per heavy atom. The molecule has 2 heterocycles. The van der Waals surface area contributed by atoms with Crippen LogP contribution in [0.5, 0.6) is 0 Å². The van der Waals surface area contributed by atoms with E-state index >= 15 is 0 Å². The summed E-state index contributed by atoms with van der Waals surface area (Å²) >= 11 is 0. The maximum absolute atomic E-state index is 12.6. The standard InChI is InChI=1S/C34H52O10/c1-16-11-25(43-31(41)21(16)14-35)17(2)22-7-8-23-20-6-5-18-12-19(42-32-30(40)29(39)28(38)26(15-36)44-32)13-27(37)34(18,4)24(20)9-10-33(22,23)3/h5,17,19-20,22-30,32,35-40H,6-15H2,1-4H3/t17-,19+,20-,22+,23-,24-,25+,26+,27-,28+,29-,30+,32+,33-,34-/m0/s1. The minimum absolute atomic E-state index is 0.123. The van der Waals surface area contributed by atoms with Crippen LogP contribution in [0.25, 0.3) is 0 Å². The zero-order valence-electron chi connectivity index (χ0n) is 26.5. The fourth-order valence-electron chi connectivity index (χ4n) is 10.7. The summed E-state index contributed by atoms with van der Waals surface area (Å²) < 4.78 is 17.6. The van der Waals surface area contributed by atoms with Gasteiger partial charge in [-0.3, -0.25) is 0 Å². The highest BCUT2D eigenvalue weighted by molar-refractivity contribution is 5.90. The Hall–Kier alpha value is -1.37. The van der Waals surface area contributed by atoms with Crippen LogP contribution in [-0.4, -0.2) is 98.8 Å². The number of aliphatic hydroxyl groups is 6. The molecule has 6 aliphatic rings. The van der Waals surface area contributed by atoms with Crippen molar-refractivity contribution in [3.05, 3.63) is 22.8 Å². The molecule has 15 atom stereocenters. The summed E-state index contributed by atoms with van der Waals surface area (Å²) in [7, 11) is 0. The number of ether oxygens (including phenoxy) is 3. The minimum atomic E-state index is -1.50. The first-order valence-electron chi connectivity index (χ1n) is 16.7. The van der Waals surface area contributed by atoms with Gasteiger partial charge in [0.2, 0.25) is 0 Å². The van der Waals surface area contributed by atoms with E-state index in [-0.39, 0.29) is 35.4 Å². The number of esters is 1. The third kappa shape index (κ3) is 5.03. The van der Waals surface area contributed by atoms with Gasteiger partial charge in [-0.1, -0.05) is 38.0 Å². The van der Waals surface area contributed by atoms with Gasteiger partial charge in [0.05, 0.1) is 31.0 Å². The van der Waals surface area contributed by atoms with E-state index in [2.05, 4.69) is 26.8 Å². The lowest BCUT2D eigenvalue weighted by Crippen LogP contribution is -2.60. The Balaban J connectivity index is 1.16. The number of rotatable bonds is 6. The Bertz CT molecular complexity index is 1170. The molecule has 0 spiro atoms. The lowest BCUT2D eigenvalue weighted by molar-refractivity contribution is -0.315.